The Morgan fingerprint density at radius 2 is 1.73 bits per heavy atom. The van der Waals surface area contributed by atoms with Crippen molar-refractivity contribution in [3.63, 3.8) is 0 Å². The topological polar surface area (TPSA) is 29.3 Å². The highest BCUT2D eigenvalue weighted by Crippen LogP contribution is 2.05. The van der Waals surface area contributed by atoms with Crippen molar-refractivity contribution in [1.82, 2.24) is 4.90 Å². The maximum absolute atomic E-state index is 6.01. The summed E-state index contributed by atoms with van der Waals surface area (Å²) in [5.41, 5.74) is 6.01. The van der Waals surface area contributed by atoms with Crippen molar-refractivity contribution >= 4 is 0 Å². The lowest BCUT2D eigenvalue weighted by Crippen LogP contribution is -2.32. The normalized spacial score (nSPS) is 13.8. The lowest BCUT2D eigenvalue weighted by molar-refractivity contribution is 0.296. The molecule has 0 spiro atoms. The van der Waals surface area contributed by atoms with E-state index in [1.165, 1.54) is 32.2 Å². The molecule has 0 radical (unpaired) electrons. The highest BCUT2D eigenvalue weighted by Gasteiger charge is 2.08. The van der Waals surface area contributed by atoms with Crippen LogP contribution >= 0.6 is 0 Å². The van der Waals surface area contributed by atoms with E-state index in [9.17, 15) is 0 Å². The molecule has 0 aromatic heterocycles. The fourth-order valence-electron chi connectivity index (χ4n) is 1.62. The van der Waals surface area contributed by atoms with Crippen LogP contribution in [0.4, 0.5) is 0 Å². The van der Waals surface area contributed by atoms with Crippen LogP contribution in [0.2, 0.25) is 0 Å². The summed E-state index contributed by atoms with van der Waals surface area (Å²) < 4.78 is 0. The summed E-state index contributed by atoms with van der Waals surface area (Å²) in [6.07, 6.45) is 6.53. The van der Waals surface area contributed by atoms with E-state index < -0.39 is 0 Å². The van der Waals surface area contributed by atoms with Crippen molar-refractivity contribution in [3.8, 4) is 0 Å². The first-order valence-electron chi connectivity index (χ1n) is 6.52. The molecule has 0 saturated heterocycles. The van der Waals surface area contributed by atoms with Crippen LogP contribution in [0.15, 0.2) is 0 Å². The first kappa shape index (κ1) is 14.9. The monoisotopic (exact) mass is 214 g/mol. The van der Waals surface area contributed by atoms with Crippen molar-refractivity contribution in [2.24, 2.45) is 11.7 Å². The van der Waals surface area contributed by atoms with Crippen molar-refractivity contribution in [2.75, 3.05) is 20.1 Å². The molecule has 0 rings (SSSR count). The first-order chi connectivity index (χ1) is 7.07. The Hall–Kier alpha value is -0.0800. The Morgan fingerprint density at radius 1 is 1.07 bits per heavy atom. The van der Waals surface area contributed by atoms with Gasteiger partial charge in [0.1, 0.15) is 0 Å². The number of rotatable bonds is 9. The zero-order valence-corrected chi connectivity index (χ0v) is 11.1. The standard InChI is InChI=1S/C13H30N2/c1-5-6-7-8-10-15(4)11-9-13(14)12(2)3/h12-13H,5-11,14H2,1-4H3. The molecule has 0 aromatic carbocycles. The minimum Gasteiger partial charge on any atom is -0.327 e. The average molecular weight is 214 g/mol. The maximum Gasteiger partial charge on any atom is 0.00740 e. The van der Waals surface area contributed by atoms with E-state index in [1.807, 2.05) is 0 Å². The van der Waals surface area contributed by atoms with Gasteiger partial charge in [0, 0.05) is 6.04 Å². The van der Waals surface area contributed by atoms with Crippen molar-refractivity contribution in [3.05, 3.63) is 0 Å². The van der Waals surface area contributed by atoms with Crippen LogP contribution in [0.5, 0.6) is 0 Å². The van der Waals surface area contributed by atoms with Gasteiger partial charge in [-0.15, -0.1) is 0 Å². The lowest BCUT2D eigenvalue weighted by Gasteiger charge is -2.21. The van der Waals surface area contributed by atoms with E-state index in [0.29, 0.717) is 12.0 Å². The van der Waals surface area contributed by atoms with Gasteiger partial charge >= 0.3 is 0 Å². The Labute approximate surface area is 96.2 Å². The molecule has 2 heteroatoms. The van der Waals surface area contributed by atoms with Gasteiger partial charge in [-0.3, -0.25) is 0 Å². The minimum atomic E-state index is 0.364. The maximum atomic E-state index is 6.01. The van der Waals surface area contributed by atoms with Crippen LogP contribution in [0.25, 0.3) is 0 Å². The predicted octanol–water partition coefficient (Wildman–Crippen LogP) is 2.87. The summed E-state index contributed by atoms with van der Waals surface area (Å²) in [6.45, 7) is 9.03. The van der Waals surface area contributed by atoms with Crippen molar-refractivity contribution in [2.45, 2.75) is 58.9 Å². The number of nitrogens with two attached hydrogens (primary N) is 1. The van der Waals surface area contributed by atoms with Crippen LogP contribution in [0, 0.1) is 5.92 Å². The van der Waals surface area contributed by atoms with Gasteiger partial charge in [-0.05, 0) is 38.9 Å². The molecule has 0 aromatic rings. The molecule has 2 nitrogen and oxygen atoms in total. The Bertz CT molecular complexity index is 134. The van der Waals surface area contributed by atoms with Crippen molar-refractivity contribution in [1.29, 1.82) is 0 Å². The number of hydrogen-bond donors (Lipinski definition) is 1. The third-order valence-electron chi connectivity index (χ3n) is 3.09. The number of hydrogen-bond acceptors (Lipinski definition) is 2. The summed E-state index contributed by atoms with van der Waals surface area (Å²) in [7, 11) is 2.21. The molecule has 92 valence electrons. The third kappa shape index (κ3) is 8.88. The molecule has 0 heterocycles. The molecule has 0 saturated carbocycles. The highest BCUT2D eigenvalue weighted by molar-refractivity contribution is 4.67. The molecule has 1 atom stereocenters. The largest absolute Gasteiger partial charge is 0.327 e. The molecule has 0 fully saturated rings. The molecule has 1 unspecified atom stereocenters. The van der Waals surface area contributed by atoms with Gasteiger partial charge in [-0.25, -0.2) is 0 Å². The van der Waals surface area contributed by atoms with Gasteiger partial charge in [-0.1, -0.05) is 40.0 Å². The van der Waals surface area contributed by atoms with Crippen LogP contribution in [-0.2, 0) is 0 Å². The molecular weight excluding hydrogens is 184 g/mol. The second-order valence-corrected chi connectivity index (χ2v) is 5.06. The Balaban J connectivity index is 3.36. The van der Waals surface area contributed by atoms with Gasteiger partial charge in [0.15, 0.2) is 0 Å². The van der Waals surface area contributed by atoms with Crippen LogP contribution in [-0.4, -0.2) is 31.1 Å². The summed E-state index contributed by atoms with van der Waals surface area (Å²) >= 11 is 0. The number of unbranched alkanes of at least 4 members (excludes halogenated alkanes) is 3. The summed E-state index contributed by atoms with van der Waals surface area (Å²) in [5.74, 6) is 0.610. The lowest BCUT2D eigenvalue weighted by atomic mass is 10.0. The zero-order valence-electron chi connectivity index (χ0n) is 11.1. The molecule has 0 bridgehead atoms. The molecule has 0 amide bonds. The SMILES string of the molecule is CCCCCCN(C)CCC(N)C(C)C. The van der Waals surface area contributed by atoms with Crippen LogP contribution in [0.3, 0.4) is 0 Å². The van der Waals surface area contributed by atoms with E-state index >= 15 is 0 Å². The summed E-state index contributed by atoms with van der Waals surface area (Å²) in [5, 5.41) is 0. The second kappa shape index (κ2) is 9.17. The van der Waals surface area contributed by atoms with Crippen LogP contribution in [0.1, 0.15) is 52.9 Å². The summed E-state index contributed by atoms with van der Waals surface area (Å²) in [6, 6.07) is 0.364. The van der Waals surface area contributed by atoms with Gasteiger partial charge in [0.05, 0.1) is 0 Å². The third-order valence-corrected chi connectivity index (χ3v) is 3.09. The fraction of sp³-hybridized carbons (Fsp3) is 1.00. The first-order valence-corrected chi connectivity index (χ1v) is 6.52. The smallest absolute Gasteiger partial charge is 0.00740 e. The van der Waals surface area contributed by atoms with E-state index in [4.69, 9.17) is 5.73 Å². The van der Waals surface area contributed by atoms with E-state index in [0.717, 1.165) is 13.0 Å². The Kier molecular flexibility index (Phi) is 9.12. The molecule has 15 heavy (non-hydrogen) atoms. The summed E-state index contributed by atoms with van der Waals surface area (Å²) in [4.78, 5) is 2.41. The predicted molar refractivity (Wildman–Crippen MR) is 69.1 cm³/mol. The molecule has 0 aliphatic rings. The number of nitrogens with zero attached hydrogens (tertiary/aromatic N) is 1. The quantitative estimate of drug-likeness (QED) is 0.598. The van der Waals surface area contributed by atoms with E-state index in [-0.39, 0.29) is 0 Å². The van der Waals surface area contributed by atoms with E-state index in [2.05, 4.69) is 32.7 Å². The van der Waals surface area contributed by atoms with Gasteiger partial charge < -0.3 is 10.6 Å². The van der Waals surface area contributed by atoms with Gasteiger partial charge in [0.2, 0.25) is 0 Å². The fourth-order valence-corrected chi connectivity index (χ4v) is 1.62. The Morgan fingerprint density at radius 3 is 2.27 bits per heavy atom. The van der Waals surface area contributed by atoms with Crippen LogP contribution < -0.4 is 5.73 Å². The molecule has 0 aliphatic heterocycles. The average Bonchev–Trinajstić information content (AvgIpc) is 2.20. The highest BCUT2D eigenvalue weighted by atomic mass is 15.1. The van der Waals surface area contributed by atoms with Gasteiger partial charge in [0.25, 0.3) is 0 Å². The van der Waals surface area contributed by atoms with Crippen molar-refractivity contribution < 1.29 is 0 Å². The molecule has 0 aliphatic carbocycles. The van der Waals surface area contributed by atoms with Gasteiger partial charge in [-0.2, -0.15) is 0 Å². The van der Waals surface area contributed by atoms with E-state index in [1.54, 1.807) is 0 Å². The zero-order chi connectivity index (χ0) is 11.7. The second-order valence-electron chi connectivity index (χ2n) is 5.06. The minimum absolute atomic E-state index is 0.364. The molecular formula is C13H30N2. The molecule has 2 N–H and O–H groups in total.